The number of ether oxygens (including phenoxy) is 1. The largest absolute Gasteiger partial charge is 0.573 e. The summed E-state index contributed by atoms with van der Waals surface area (Å²) in [5, 5.41) is 6.60. The van der Waals surface area contributed by atoms with E-state index in [4.69, 9.17) is 0 Å². The van der Waals surface area contributed by atoms with Crippen LogP contribution in [0.2, 0.25) is 0 Å². The molecule has 1 fully saturated rings. The normalized spacial score (nSPS) is 14.8. The Balaban J connectivity index is 1.25. The van der Waals surface area contributed by atoms with Gasteiger partial charge in [0.1, 0.15) is 12.1 Å². The molecule has 1 aromatic heterocycles. The highest BCUT2D eigenvalue weighted by Gasteiger charge is 2.33. The quantitative estimate of drug-likeness (QED) is 0.168. The summed E-state index contributed by atoms with van der Waals surface area (Å²) in [5.74, 6) is -0.968. The number of amides is 3. The molecule has 5 rings (SSSR count). The van der Waals surface area contributed by atoms with Crippen LogP contribution in [-0.4, -0.2) is 44.0 Å². The number of hydrogen-bond donors (Lipinski definition) is 1. The third kappa shape index (κ3) is 7.76. The first kappa shape index (κ1) is 31.4. The number of nitrogens with one attached hydrogen (secondary N) is 1. The summed E-state index contributed by atoms with van der Waals surface area (Å²) in [6, 6.07) is 16.4. The monoisotopic (exact) mass is 638 g/mol. The van der Waals surface area contributed by atoms with Gasteiger partial charge in [-0.25, -0.2) is 14.5 Å². The van der Waals surface area contributed by atoms with Crippen LogP contribution >= 0.6 is 11.8 Å². The number of rotatable bonds is 7. The molecule has 4 aromatic rings. The Hall–Kier alpha value is -4.98. The van der Waals surface area contributed by atoms with Crippen LogP contribution in [-0.2, 0) is 4.79 Å². The Labute approximate surface area is 259 Å². The van der Waals surface area contributed by atoms with Gasteiger partial charge >= 0.3 is 12.4 Å². The van der Waals surface area contributed by atoms with Gasteiger partial charge in [-0.15, -0.1) is 18.3 Å². The Morgan fingerprint density at radius 1 is 1.09 bits per heavy atom. The lowest BCUT2D eigenvalue weighted by molar-refractivity contribution is -0.274. The SMILES string of the molecule is Cc1ccc(C(C)C)c(N2C(=O)CS/C2=N\C(=O)N/C(F)=C/c2ccc(-c3ncn(-c4ccc(OC(F)(F)F)cc4)n3)cc2)c1. The summed E-state index contributed by atoms with van der Waals surface area (Å²) in [6.07, 6.45) is -2.27. The van der Waals surface area contributed by atoms with Gasteiger partial charge in [-0.2, -0.15) is 9.38 Å². The summed E-state index contributed by atoms with van der Waals surface area (Å²) in [5.41, 5.74) is 4.01. The van der Waals surface area contributed by atoms with Gasteiger partial charge in [-0.05, 0) is 65.9 Å². The number of hydrogen-bond acceptors (Lipinski definition) is 6. The number of thioether (sulfide) groups is 1. The van der Waals surface area contributed by atoms with E-state index >= 15 is 0 Å². The molecule has 3 amide bonds. The Morgan fingerprint density at radius 2 is 1.80 bits per heavy atom. The van der Waals surface area contributed by atoms with E-state index in [1.807, 2.05) is 39.0 Å². The minimum Gasteiger partial charge on any atom is -0.406 e. The lowest BCUT2D eigenvalue weighted by Crippen LogP contribution is -2.32. The molecule has 0 atom stereocenters. The highest BCUT2D eigenvalue weighted by molar-refractivity contribution is 8.15. The molecular formula is C31H26F4N6O3S. The van der Waals surface area contributed by atoms with Crippen LogP contribution in [0, 0.1) is 6.92 Å². The fourth-order valence-corrected chi connectivity index (χ4v) is 5.32. The van der Waals surface area contributed by atoms with Crippen molar-refractivity contribution in [3.05, 3.63) is 95.7 Å². The number of carbonyl (C=O) groups excluding carboxylic acids is 2. The Bertz CT molecular complexity index is 1780. The zero-order valence-corrected chi connectivity index (χ0v) is 25.0. The van der Waals surface area contributed by atoms with E-state index in [1.165, 1.54) is 40.2 Å². The van der Waals surface area contributed by atoms with Crippen LogP contribution in [0.25, 0.3) is 23.2 Å². The number of benzene rings is 3. The average molecular weight is 639 g/mol. The van der Waals surface area contributed by atoms with Crippen molar-refractivity contribution in [3.8, 4) is 22.8 Å². The molecule has 0 unspecified atom stereocenters. The van der Waals surface area contributed by atoms with Gasteiger partial charge < -0.3 is 4.74 Å². The lowest BCUT2D eigenvalue weighted by atomic mass is 9.99. The van der Waals surface area contributed by atoms with Crippen LogP contribution in [0.1, 0.15) is 36.5 Å². The van der Waals surface area contributed by atoms with E-state index < -0.39 is 18.3 Å². The van der Waals surface area contributed by atoms with Crippen LogP contribution < -0.4 is 15.0 Å². The number of urea groups is 1. The highest BCUT2D eigenvalue weighted by Crippen LogP contribution is 2.34. The summed E-state index contributed by atoms with van der Waals surface area (Å²) in [6.45, 7) is 5.91. The standard InChI is InChI=1S/C31H26F4N6O3S/c1-18(2)24-13-4-19(3)14-25(24)41-27(42)16-45-30(41)38-29(43)37-26(32)15-20-5-7-21(8-6-20)28-36-17-40(39-28)22-9-11-23(12-10-22)44-31(33,34)35/h4-15,17-18H,16H2,1-3H3,(H,37,43)/b26-15+,38-30-. The molecule has 0 radical (unpaired) electrons. The minimum atomic E-state index is -4.79. The van der Waals surface area contributed by atoms with Crippen LogP contribution in [0.3, 0.4) is 0 Å². The highest BCUT2D eigenvalue weighted by atomic mass is 32.2. The van der Waals surface area contributed by atoms with E-state index in [1.54, 1.807) is 24.3 Å². The maximum absolute atomic E-state index is 14.7. The van der Waals surface area contributed by atoms with Crippen molar-refractivity contribution >= 4 is 40.6 Å². The fourth-order valence-electron chi connectivity index (χ4n) is 4.47. The average Bonchev–Trinajstić information content (AvgIpc) is 3.60. The predicted molar refractivity (Wildman–Crippen MR) is 164 cm³/mol. The van der Waals surface area contributed by atoms with Crippen molar-refractivity contribution in [1.29, 1.82) is 0 Å². The molecule has 0 spiro atoms. The lowest BCUT2D eigenvalue weighted by Gasteiger charge is -2.22. The number of alkyl halides is 3. The number of nitrogens with zero attached hydrogens (tertiary/aromatic N) is 5. The van der Waals surface area contributed by atoms with Crippen molar-refractivity contribution in [2.45, 2.75) is 33.1 Å². The molecule has 3 aromatic carbocycles. The van der Waals surface area contributed by atoms with Gasteiger partial charge in [0.15, 0.2) is 16.9 Å². The van der Waals surface area contributed by atoms with Crippen molar-refractivity contribution in [1.82, 2.24) is 20.1 Å². The number of anilines is 1. The molecule has 1 aliphatic rings. The molecule has 1 saturated heterocycles. The van der Waals surface area contributed by atoms with Gasteiger partial charge in [-0.3, -0.25) is 15.0 Å². The van der Waals surface area contributed by atoms with Crippen molar-refractivity contribution in [2.75, 3.05) is 10.7 Å². The number of halogens is 4. The minimum absolute atomic E-state index is 0.110. The van der Waals surface area contributed by atoms with E-state index in [-0.39, 0.29) is 28.5 Å². The molecule has 0 saturated carbocycles. The van der Waals surface area contributed by atoms with Crippen molar-refractivity contribution in [2.24, 2.45) is 4.99 Å². The fraction of sp³-hybridized carbons (Fsp3) is 0.194. The third-order valence-electron chi connectivity index (χ3n) is 6.53. The van der Waals surface area contributed by atoms with Crippen LogP contribution in [0.5, 0.6) is 5.75 Å². The number of aromatic nitrogens is 3. The smallest absolute Gasteiger partial charge is 0.406 e. The van der Waals surface area contributed by atoms with Gasteiger partial charge in [0, 0.05) is 5.56 Å². The van der Waals surface area contributed by atoms with E-state index in [0.29, 0.717) is 28.3 Å². The molecule has 0 bridgehead atoms. The molecule has 1 N–H and O–H groups in total. The first-order valence-electron chi connectivity index (χ1n) is 13.6. The van der Waals surface area contributed by atoms with Gasteiger partial charge in [-0.1, -0.05) is 62.0 Å². The zero-order chi connectivity index (χ0) is 32.3. The third-order valence-corrected chi connectivity index (χ3v) is 7.45. The molecule has 0 aliphatic carbocycles. The summed E-state index contributed by atoms with van der Waals surface area (Å²) in [4.78, 5) is 34.9. The van der Waals surface area contributed by atoms with Gasteiger partial charge in [0.2, 0.25) is 5.91 Å². The van der Waals surface area contributed by atoms with E-state index in [2.05, 4.69) is 25.1 Å². The van der Waals surface area contributed by atoms with Crippen LogP contribution in [0.4, 0.5) is 28.0 Å². The second-order valence-corrected chi connectivity index (χ2v) is 11.2. The van der Waals surface area contributed by atoms with E-state index in [0.717, 1.165) is 29.0 Å². The number of aliphatic imine (C=N–C) groups is 1. The first-order valence-corrected chi connectivity index (χ1v) is 14.6. The molecule has 1 aliphatic heterocycles. The van der Waals surface area contributed by atoms with Crippen LogP contribution in [0.15, 0.2) is 84.0 Å². The summed E-state index contributed by atoms with van der Waals surface area (Å²) in [7, 11) is 0. The molecular weight excluding hydrogens is 612 g/mol. The predicted octanol–water partition coefficient (Wildman–Crippen LogP) is 7.38. The number of aryl methyl sites for hydroxylation is 1. The first-order chi connectivity index (χ1) is 21.4. The molecule has 14 heteroatoms. The second kappa shape index (κ2) is 12.9. The zero-order valence-electron chi connectivity index (χ0n) is 24.2. The molecule has 45 heavy (non-hydrogen) atoms. The van der Waals surface area contributed by atoms with Gasteiger partial charge in [0.05, 0.1) is 17.1 Å². The van der Waals surface area contributed by atoms with Crippen molar-refractivity contribution in [3.63, 3.8) is 0 Å². The number of amidine groups is 1. The summed E-state index contributed by atoms with van der Waals surface area (Å²) >= 11 is 1.10. The Morgan fingerprint density at radius 3 is 2.47 bits per heavy atom. The second-order valence-electron chi connectivity index (χ2n) is 10.2. The maximum Gasteiger partial charge on any atom is 0.573 e. The Kier molecular flexibility index (Phi) is 9.04. The van der Waals surface area contributed by atoms with E-state index in [9.17, 15) is 27.2 Å². The topological polar surface area (TPSA) is 102 Å². The maximum atomic E-state index is 14.7. The number of carbonyl (C=O) groups is 2. The van der Waals surface area contributed by atoms with Gasteiger partial charge in [0.25, 0.3) is 0 Å². The molecule has 2 heterocycles. The van der Waals surface area contributed by atoms with Crippen molar-refractivity contribution < 1.29 is 31.9 Å². The molecule has 9 nitrogen and oxygen atoms in total. The summed E-state index contributed by atoms with van der Waals surface area (Å²) < 4.78 is 57.2. The molecule has 232 valence electrons.